The van der Waals surface area contributed by atoms with Gasteiger partial charge in [0.2, 0.25) is 10.0 Å². The van der Waals surface area contributed by atoms with E-state index in [1.165, 1.54) is 10.4 Å². The van der Waals surface area contributed by atoms with Crippen molar-refractivity contribution in [3.8, 4) is 0 Å². The molecule has 156 valence electrons. The molecule has 1 saturated heterocycles. The Bertz CT molecular complexity index is 973. The van der Waals surface area contributed by atoms with Crippen LogP contribution in [0.15, 0.2) is 42.5 Å². The number of nitrogens with one attached hydrogen (secondary N) is 1. The largest absolute Gasteiger partial charge is 0.322 e. The van der Waals surface area contributed by atoms with Crippen LogP contribution in [0.1, 0.15) is 22.8 Å². The molecule has 0 spiro atoms. The van der Waals surface area contributed by atoms with Gasteiger partial charge in [-0.25, -0.2) is 17.2 Å². The third kappa shape index (κ3) is 5.37. The van der Waals surface area contributed by atoms with Crippen molar-refractivity contribution in [1.82, 2.24) is 9.21 Å². The van der Waals surface area contributed by atoms with Gasteiger partial charge in [0.15, 0.2) is 11.6 Å². The Morgan fingerprint density at radius 3 is 2.24 bits per heavy atom. The summed E-state index contributed by atoms with van der Waals surface area (Å²) in [6, 6.07) is 10.2. The van der Waals surface area contributed by atoms with Crippen LogP contribution in [0.25, 0.3) is 0 Å². The fraction of sp³-hybridized carbons (Fsp3) is 0.350. The maximum Gasteiger partial charge on any atom is 0.255 e. The van der Waals surface area contributed by atoms with Crippen LogP contribution in [0, 0.1) is 11.6 Å². The smallest absolute Gasteiger partial charge is 0.255 e. The van der Waals surface area contributed by atoms with E-state index in [0.717, 1.165) is 17.7 Å². The van der Waals surface area contributed by atoms with Gasteiger partial charge in [0.05, 0.1) is 5.75 Å². The minimum atomic E-state index is -3.15. The molecular formula is C20H23F2N3O3S. The lowest BCUT2D eigenvalue weighted by Crippen LogP contribution is -2.48. The molecule has 0 unspecified atom stereocenters. The zero-order chi connectivity index (χ0) is 21.0. The topological polar surface area (TPSA) is 69.7 Å². The highest BCUT2D eigenvalue weighted by Crippen LogP contribution is 2.16. The van der Waals surface area contributed by atoms with Crippen molar-refractivity contribution >= 4 is 21.6 Å². The van der Waals surface area contributed by atoms with Crippen molar-refractivity contribution < 1.29 is 22.0 Å². The lowest BCUT2D eigenvalue weighted by Gasteiger charge is -2.33. The van der Waals surface area contributed by atoms with Gasteiger partial charge in [-0.15, -0.1) is 0 Å². The molecule has 1 aliphatic heterocycles. The summed E-state index contributed by atoms with van der Waals surface area (Å²) in [6.45, 7) is 4.56. The summed E-state index contributed by atoms with van der Waals surface area (Å²) in [5.74, 6) is -2.30. The standard InChI is InChI=1S/C20H23F2N3O3S/c1-2-29(27,28)25-11-9-24(10-12-25)14-15-3-5-16(6-4-15)20(26)23-17-7-8-18(21)19(22)13-17/h3-8,13H,2,9-12,14H2,1H3,(H,23,26). The summed E-state index contributed by atoms with van der Waals surface area (Å²) in [6.07, 6.45) is 0. The Morgan fingerprint density at radius 1 is 1.00 bits per heavy atom. The van der Waals surface area contributed by atoms with Gasteiger partial charge in [0.25, 0.3) is 5.91 Å². The molecule has 2 aromatic rings. The summed E-state index contributed by atoms with van der Waals surface area (Å²) in [4.78, 5) is 14.4. The van der Waals surface area contributed by atoms with Gasteiger partial charge in [-0.05, 0) is 36.8 Å². The van der Waals surface area contributed by atoms with Crippen LogP contribution in [0.3, 0.4) is 0 Å². The zero-order valence-corrected chi connectivity index (χ0v) is 16.9. The second kappa shape index (κ2) is 8.98. The maximum absolute atomic E-state index is 13.3. The van der Waals surface area contributed by atoms with Gasteiger partial charge < -0.3 is 5.32 Å². The normalized spacial score (nSPS) is 16.0. The third-order valence-electron chi connectivity index (χ3n) is 4.89. The number of rotatable bonds is 6. The summed E-state index contributed by atoms with van der Waals surface area (Å²) in [5.41, 5.74) is 1.58. The third-order valence-corrected chi connectivity index (χ3v) is 6.77. The van der Waals surface area contributed by atoms with Crippen LogP contribution in [0.2, 0.25) is 0 Å². The fourth-order valence-corrected chi connectivity index (χ4v) is 4.23. The monoisotopic (exact) mass is 423 g/mol. The van der Waals surface area contributed by atoms with Gasteiger partial charge in [-0.1, -0.05) is 12.1 Å². The lowest BCUT2D eigenvalue weighted by atomic mass is 10.1. The van der Waals surface area contributed by atoms with E-state index in [9.17, 15) is 22.0 Å². The molecule has 6 nitrogen and oxygen atoms in total. The quantitative estimate of drug-likeness (QED) is 0.776. The number of amides is 1. The molecule has 1 fully saturated rings. The molecule has 0 saturated carbocycles. The number of piperazine rings is 1. The number of sulfonamides is 1. The highest BCUT2D eigenvalue weighted by molar-refractivity contribution is 7.89. The minimum absolute atomic E-state index is 0.112. The second-order valence-electron chi connectivity index (χ2n) is 6.86. The van der Waals surface area contributed by atoms with E-state index >= 15 is 0 Å². The number of carbonyl (C=O) groups is 1. The highest BCUT2D eigenvalue weighted by Gasteiger charge is 2.25. The average molecular weight is 423 g/mol. The average Bonchev–Trinajstić information content (AvgIpc) is 2.71. The molecule has 3 rings (SSSR count). The molecule has 2 aromatic carbocycles. The van der Waals surface area contributed by atoms with Crippen LogP contribution in [0.4, 0.5) is 14.5 Å². The summed E-state index contributed by atoms with van der Waals surface area (Å²) < 4.78 is 51.6. The first kappa shape index (κ1) is 21.4. The molecule has 9 heteroatoms. The Labute approximate surface area is 169 Å². The first-order chi connectivity index (χ1) is 13.8. The van der Waals surface area contributed by atoms with Crippen molar-refractivity contribution in [2.75, 3.05) is 37.2 Å². The van der Waals surface area contributed by atoms with E-state index < -0.39 is 27.6 Å². The van der Waals surface area contributed by atoms with Crippen LogP contribution in [-0.4, -0.2) is 55.5 Å². The van der Waals surface area contributed by atoms with Crippen molar-refractivity contribution in [3.63, 3.8) is 0 Å². The van der Waals surface area contributed by atoms with Crippen LogP contribution < -0.4 is 5.32 Å². The predicted molar refractivity (Wildman–Crippen MR) is 107 cm³/mol. The number of nitrogens with zero attached hydrogens (tertiary/aromatic N) is 2. The van der Waals surface area contributed by atoms with E-state index in [0.29, 0.717) is 38.3 Å². The summed E-state index contributed by atoms with van der Waals surface area (Å²) >= 11 is 0. The number of anilines is 1. The number of hydrogen-bond donors (Lipinski definition) is 1. The van der Waals surface area contributed by atoms with Gasteiger partial charge in [-0.3, -0.25) is 9.69 Å². The van der Waals surface area contributed by atoms with E-state index in [-0.39, 0.29) is 11.4 Å². The Hall–Kier alpha value is -2.36. The zero-order valence-electron chi connectivity index (χ0n) is 16.1. The second-order valence-corrected chi connectivity index (χ2v) is 9.11. The fourth-order valence-electron chi connectivity index (χ4n) is 3.15. The molecule has 1 aliphatic rings. The van der Waals surface area contributed by atoms with Crippen molar-refractivity contribution in [2.45, 2.75) is 13.5 Å². The number of hydrogen-bond acceptors (Lipinski definition) is 4. The SMILES string of the molecule is CCS(=O)(=O)N1CCN(Cc2ccc(C(=O)Nc3ccc(F)c(F)c3)cc2)CC1. The summed E-state index contributed by atoms with van der Waals surface area (Å²) in [7, 11) is -3.15. The minimum Gasteiger partial charge on any atom is -0.322 e. The number of benzene rings is 2. The molecular weight excluding hydrogens is 400 g/mol. The van der Waals surface area contributed by atoms with E-state index in [1.54, 1.807) is 19.1 Å². The van der Waals surface area contributed by atoms with Gasteiger partial charge >= 0.3 is 0 Å². The van der Waals surface area contributed by atoms with Crippen molar-refractivity contribution in [1.29, 1.82) is 0 Å². The van der Waals surface area contributed by atoms with Crippen LogP contribution in [0.5, 0.6) is 0 Å². The van der Waals surface area contributed by atoms with Crippen molar-refractivity contribution in [3.05, 3.63) is 65.2 Å². The molecule has 0 radical (unpaired) electrons. The Kier molecular flexibility index (Phi) is 6.61. The predicted octanol–water partition coefficient (Wildman–Crippen LogP) is 2.68. The van der Waals surface area contributed by atoms with Gasteiger partial charge in [-0.2, -0.15) is 4.31 Å². The molecule has 1 heterocycles. The van der Waals surface area contributed by atoms with Crippen LogP contribution >= 0.6 is 0 Å². The molecule has 0 bridgehead atoms. The van der Waals surface area contributed by atoms with E-state index in [1.807, 2.05) is 12.1 Å². The van der Waals surface area contributed by atoms with E-state index in [2.05, 4.69) is 10.2 Å². The molecule has 1 N–H and O–H groups in total. The van der Waals surface area contributed by atoms with Crippen molar-refractivity contribution in [2.24, 2.45) is 0 Å². The molecule has 0 aliphatic carbocycles. The van der Waals surface area contributed by atoms with E-state index in [4.69, 9.17) is 0 Å². The summed E-state index contributed by atoms with van der Waals surface area (Å²) in [5, 5.41) is 2.53. The first-order valence-electron chi connectivity index (χ1n) is 9.34. The molecule has 1 amide bonds. The maximum atomic E-state index is 13.3. The molecule has 0 aromatic heterocycles. The Balaban J connectivity index is 1.55. The first-order valence-corrected chi connectivity index (χ1v) is 10.9. The van der Waals surface area contributed by atoms with Gasteiger partial charge in [0.1, 0.15) is 0 Å². The molecule has 0 atom stereocenters. The van der Waals surface area contributed by atoms with Gasteiger partial charge in [0, 0.05) is 50.0 Å². The Morgan fingerprint density at radius 2 is 1.66 bits per heavy atom. The number of carbonyl (C=O) groups excluding carboxylic acids is 1. The lowest BCUT2D eigenvalue weighted by molar-refractivity contribution is 0.102. The highest BCUT2D eigenvalue weighted by atomic mass is 32.2. The number of halogens is 2. The van der Waals surface area contributed by atoms with Crippen LogP contribution in [-0.2, 0) is 16.6 Å². The molecule has 29 heavy (non-hydrogen) atoms.